The number of amides is 1. The van der Waals surface area contributed by atoms with Crippen LogP contribution in [0.2, 0.25) is 0 Å². The number of hydrogen-bond acceptors (Lipinski definition) is 1. The van der Waals surface area contributed by atoms with E-state index in [9.17, 15) is 9.18 Å². The highest BCUT2D eigenvalue weighted by molar-refractivity contribution is 5.93. The molecule has 1 unspecified atom stereocenters. The number of carbonyl (C=O) groups is 1. The first-order valence-electron chi connectivity index (χ1n) is 6.72. The third-order valence-electron chi connectivity index (χ3n) is 3.11. The molecule has 0 bridgehead atoms. The van der Waals surface area contributed by atoms with Crippen molar-refractivity contribution in [2.45, 2.75) is 19.4 Å². The standard InChI is InChI=1S/C18H16FNO/c1-2-8-18(21)20-17(13-14-9-4-3-5-10-14)15-11-6-7-12-16(15)19/h3-7,9-12,17H,13H2,1H3,(H,20,21). The maximum absolute atomic E-state index is 14.0. The lowest BCUT2D eigenvalue weighted by molar-refractivity contribution is -0.116. The van der Waals surface area contributed by atoms with Gasteiger partial charge in [0.15, 0.2) is 0 Å². The summed E-state index contributed by atoms with van der Waals surface area (Å²) in [6, 6.07) is 15.7. The van der Waals surface area contributed by atoms with Crippen molar-refractivity contribution >= 4 is 5.91 Å². The first-order chi connectivity index (χ1) is 10.2. The van der Waals surface area contributed by atoms with Gasteiger partial charge < -0.3 is 5.32 Å². The predicted octanol–water partition coefficient (Wildman–Crippen LogP) is 3.25. The summed E-state index contributed by atoms with van der Waals surface area (Å²) < 4.78 is 14.0. The summed E-state index contributed by atoms with van der Waals surface area (Å²) in [6.07, 6.45) is 0.513. The van der Waals surface area contributed by atoms with Gasteiger partial charge >= 0.3 is 0 Å². The average Bonchev–Trinajstić information content (AvgIpc) is 2.48. The highest BCUT2D eigenvalue weighted by atomic mass is 19.1. The summed E-state index contributed by atoms with van der Waals surface area (Å²) >= 11 is 0. The molecule has 0 radical (unpaired) electrons. The van der Waals surface area contributed by atoms with Gasteiger partial charge in [-0.3, -0.25) is 4.79 Å². The molecule has 0 saturated carbocycles. The molecular weight excluding hydrogens is 265 g/mol. The molecule has 1 amide bonds. The van der Waals surface area contributed by atoms with E-state index in [4.69, 9.17) is 0 Å². The first-order valence-corrected chi connectivity index (χ1v) is 6.72. The van der Waals surface area contributed by atoms with Crippen LogP contribution in [-0.2, 0) is 11.2 Å². The lowest BCUT2D eigenvalue weighted by atomic mass is 9.98. The zero-order valence-electron chi connectivity index (χ0n) is 11.8. The van der Waals surface area contributed by atoms with Gasteiger partial charge in [0.25, 0.3) is 5.91 Å². The van der Waals surface area contributed by atoms with Gasteiger partial charge in [0.05, 0.1) is 6.04 Å². The molecule has 0 aliphatic rings. The molecule has 21 heavy (non-hydrogen) atoms. The Balaban J connectivity index is 2.27. The van der Waals surface area contributed by atoms with Crippen molar-refractivity contribution in [3.63, 3.8) is 0 Å². The third-order valence-corrected chi connectivity index (χ3v) is 3.11. The SMILES string of the molecule is CC#CC(=O)NC(Cc1ccccc1)c1ccccc1F. The van der Waals surface area contributed by atoms with Crippen molar-refractivity contribution in [3.8, 4) is 11.8 Å². The number of benzene rings is 2. The molecule has 0 fully saturated rings. The average molecular weight is 281 g/mol. The van der Waals surface area contributed by atoms with E-state index in [1.807, 2.05) is 30.3 Å². The Kier molecular flexibility index (Phi) is 5.11. The van der Waals surface area contributed by atoms with Crippen molar-refractivity contribution < 1.29 is 9.18 Å². The highest BCUT2D eigenvalue weighted by Crippen LogP contribution is 2.21. The van der Waals surface area contributed by atoms with Gasteiger partial charge in [0.2, 0.25) is 0 Å². The third kappa shape index (κ3) is 4.19. The van der Waals surface area contributed by atoms with Gasteiger partial charge in [-0.1, -0.05) is 54.5 Å². The van der Waals surface area contributed by atoms with E-state index in [-0.39, 0.29) is 5.82 Å². The maximum Gasteiger partial charge on any atom is 0.296 e. The first kappa shape index (κ1) is 14.8. The van der Waals surface area contributed by atoms with E-state index < -0.39 is 11.9 Å². The smallest absolute Gasteiger partial charge is 0.296 e. The summed E-state index contributed by atoms with van der Waals surface area (Å²) in [5, 5.41) is 2.77. The van der Waals surface area contributed by atoms with Crippen LogP contribution < -0.4 is 5.32 Å². The number of rotatable bonds is 4. The lowest BCUT2D eigenvalue weighted by Crippen LogP contribution is -2.29. The summed E-state index contributed by atoms with van der Waals surface area (Å²) in [6.45, 7) is 1.59. The van der Waals surface area contributed by atoms with Crippen molar-refractivity contribution in [2.24, 2.45) is 0 Å². The Morgan fingerprint density at radius 3 is 2.48 bits per heavy atom. The van der Waals surface area contributed by atoms with Crippen LogP contribution in [0.3, 0.4) is 0 Å². The fourth-order valence-corrected chi connectivity index (χ4v) is 2.15. The molecule has 2 aromatic rings. The second-order valence-corrected chi connectivity index (χ2v) is 4.61. The van der Waals surface area contributed by atoms with Crippen LogP contribution in [0.5, 0.6) is 0 Å². The lowest BCUT2D eigenvalue weighted by Gasteiger charge is -2.18. The normalized spacial score (nSPS) is 11.1. The quantitative estimate of drug-likeness (QED) is 0.856. The Morgan fingerprint density at radius 2 is 1.81 bits per heavy atom. The Morgan fingerprint density at radius 1 is 1.14 bits per heavy atom. The fourth-order valence-electron chi connectivity index (χ4n) is 2.15. The van der Waals surface area contributed by atoms with E-state index in [0.717, 1.165) is 5.56 Å². The van der Waals surface area contributed by atoms with Crippen LogP contribution in [0.25, 0.3) is 0 Å². The largest absolute Gasteiger partial charge is 0.338 e. The fraction of sp³-hybridized carbons (Fsp3) is 0.167. The Labute approximate surface area is 124 Å². The summed E-state index contributed by atoms with van der Waals surface area (Å²) in [5.74, 6) is 4.24. The van der Waals surface area contributed by atoms with E-state index in [0.29, 0.717) is 12.0 Å². The minimum atomic E-state index is -0.443. The Hall–Kier alpha value is -2.60. The summed E-state index contributed by atoms with van der Waals surface area (Å²) in [4.78, 5) is 11.7. The van der Waals surface area contributed by atoms with E-state index in [1.54, 1.807) is 25.1 Å². The van der Waals surface area contributed by atoms with Gasteiger partial charge in [-0.15, -0.1) is 0 Å². The predicted molar refractivity (Wildman–Crippen MR) is 80.9 cm³/mol. The maximum atomic E-state index is 14.0. The van der Waals surface area contributed by atoms with Gasteiger partial charge in [-0.05, 0) is 30.9 Å². The minimum Gasteiger partial charge on any atom is -0.338 e. The minimum absolute atomic E-state index is 0.330. The molecule has 106 valence electrons. The van der Waals surface area contributed by atoms with Crippen LogP contribution in [0.4, 0.5) is 4.39 Å². The molecule has 0 saturated heterocycles. The molecule has 0 heterocycles. The van der Waals surface area contributed by atoms with E-state index >= 15 is 0 Å². The van der Waals surface area contributed by atoms with Crippen LogP contribution in [0, 0.1) is 17.7 Å². The molecule has 0 spiro atoms. The molecular formula is C18H16FNO. The van der Waals surface area contributed by atoms with Crippen molar-refractivity contribution in [2.75, 3.05) is 0 Å². The molecule has 1 atom stereocenters. The Bertz CT molecular complexity index is 670. The zero-order valence-corrected chi connectivity index (χ0v) is 11.8. The van der Waals surface area contributed by atoms with Gasteiger partial charge in [-0.25, -0.2) is 4.39 Å². The number of hydrogen-bond donors (Lipinski definition) is 1. The number of nitrogens with one attached hydrogen (secondary N) is 1. The van der Waals surface area contributed by atoms with Crippen LogP contribution in [-0.4, -0.2) is 5.91 Å². The van der Waals surface area contributed by atoms with Crippen molar-refractivity contribution in [3.05, 3.63) is 71.5 Å². The molecule has 0 aromatic heterocycles. The van der Waals surface area contributed by atoms with Crippen LogP contribution in [0.15, 0.2) is 54.6 Å². The monoisotopic (exact) mass is 281 g/mol. The molecule has 2 nitrogen and oxygen atoms in total. The molecule has 1 N–H and O–H groups in total. The van der Waals surface area contributed by atoms with E-state index in [2.05, 4.69) is 17.2 Å². The summed E-state index contributed by atoms with van der Waals surface area (Å²) in [5.41, 5.74) is 1.49. The molecule has 0 aliphatic carbocycles. The van der Waals surface area contributed by atoms with E-state index in [1.165, 1.54) is 6.07 Å². The van der Waals surface area contributed by atoms with Gasteiger partial charge in [-0.2, -0.15) is 0 Å². The van der Waals surface area contributed by atoms with Crippen molar-refractivity contribution in [1.29, 1.82) is 0 Å². The van der Waals surface area contributed by atoms with Crippen LogP contribution >= 0.6 is 0 Å². The van der Waals surface area contributed by atoms with Crippen LogP contribution in [0.1, 0.15) is 24.1 Å². The molecule has 3 heteroatoms. The van der Waals surface area contributed by atoms with Gasteiger partial charge in [0, 0.05) is 5.56 Å². The number of carbonyl (C=O) groups excluding carboxylic acids is 1. The zero-order chi connectivity index (χ0) is 15.1. The highest BCUT2D eigenvalue weighted by Gasteiger charge is 2.17. The topological polar surface area (TPSA) is 29.1 Å². The summed E-state index contributed by atoms with van der Waals surface area (Å²) in [7, 11) is 0. The molecule has 2 rings (SSSR count). The number of halogens is 1. The second kappa shape index (κ2) is 7.25. The van der Waals surface area contributed by atoms with Gasteiger partial charge in [0.1, 0.15) is 5.82 Å². The van der Waals surface area contributed by atoms with Crippen molar-refractivity contribution in [1.82, 2.24) is 5.32 Å². The second-order valence-electron chi connectivity index (χ2n) is 4.61. The molecule has 2 aromatic carbocycles. The molecule has 0 aliphatic heterocycles.